The molecular formula is C27H29N5O2. The Bertz CT molecular complexity index is 1470. The average Bonchev–Trinajstić information content (AvgIpc) is 3.56. The van der Waals surface area contributed by atoms with Crippen LogP contribution in [0.15, 0.2) is 54.6 Å². The molecule has 2 saturated heterocycles. The molecule has 1 aromatic heterocycles. The minimum Gasteiger partial charge on any atom is -0.338 e. The smallest absolute Gasteiger partial charge is 0.253 e. The van der Waals surface area contributed by atoms with Crippen molar-refractivity contribution in [2.24, 2.45) is 23.7 Å². The number of benzene rings is 3. The lowest BCUT2D eigenvalue weighted by Crippen LogP contribution is -2.44. The van der Waals surface area contributed by atoms with Crippen molar-refractivity contribution in [1.82, 2.24) is 25.2 Å². The van der Waals surface area contributed by atoms with E-state index in [0.29, 0.717) is 34.8 Å². The van der Waals surface area contributed by atoms with Crippen LogP contribution in [0.4, 0.5) is 0 Å². The normalized spacial score (nSPS) is 25.4. The standard InChI is InChI=1S/C27H25N5O2.2H2/c1-15-2-3-17-9-18(5-4-16(17)8-15)26(33)31-11-20-21(12-31)23-14-32(13-22(20)23)27(34)19-6-7-24-25(10-19)29-30-28-24;;/h2-10,20-23H,11-14H2,1H3,(H,28,29,30);2*1H/t20?,21?,22-,23+;;. The second-order valence-electron chi connectivity index (χ2n) is 10.2. The van der Waals surface area contributed by atoms with Crippen LogP contribution >= 0.6 is 0 Å². The number of aromatic nitrogens is 3. The van der Waals surface area contributed by atoms with Gasteiger partial charge in [-0.15, -0.1) is 0 Å². The van der Waals surface area contributed by atoms with Crippen molar-refractivity contribution in [3.05, 3.63) is 71.3 Å². The van der Waals surface area contributed by atoms with Crippen LogP contribution in [0, 0.1) is 30.6 Å². The molecule has 3 aromatic carbocycles. The Balaban J connectivity index is 0.00000133. The molecule has 0 spiro atoms. The summed E-state index contributed by atoms with van der Waals surface area (Å²) in [5.74, 6) is 2.16. The summed E-state index contributed by atoms with van der Waals surface area (Å²) in [5.41, 5.74) is 4.13. The summed E-state index contributed by atoms with van der Waals surface area (Å²) < 4.78 is 0. The van der Waals surface area contributed by atoms with Crippen molar-refractivity contribution in [3.8, 4) is 0 Å². The van der Waals surface area contributed by atoms with Crippen LogP contribution in [0.2, 0.25) is 0 Å². The van der Waals surface area contributed by atoms with Crippen molar-refractivity contribution in [2.75, 3.05) is 26.2 Å². The summed E-state index contributed by atoms with van der Waals surface area (Å²) in [6, 6.07) is 17.8. The highest BCUT2D eigenvalue weighted by atomic mass is 16.2. The minimum absolute atomic E-state index is 0. The maximum atomic E-state index is 13.3. The van der Waals surface area contributed by atoms with E-state index in [1.807, 2.05) is 40.1 Å². The van der Waals surface area contributed by atoms with E-state index in [4.69, 9.17) is 0 Å². The lowest BCUT2D eigenvalue weighted by atomic mass is 9.60. The molecule has 3 aliphatic rings. The molecule has 174 valence electrons. The van der Waals surface area contributed by atoms with Gasteiger partial charge in [-0.05, 0) is 71.7 Å². The Hall–Kier alpha value is -3.74. The lowest BCUT2D eigenvalue weighted by Gasteiger charge is -2.42. The zero-order valence-electron chi connectivity index (χ0n) is 18.9. The number of amides is 2. The summed E-state index contributed by atoms with van der Waals surface area (Å²) in [4.78, 5) is 30.5. The Morgan fingerprint density at radius 3 is 1.94 bits per heavy atom. The number of carbonyl (C=O) groups excluding carboxylic acids is 2. The molecule has 2 aliphatic heterocycles. The molecule has 34 heavy (non-hydrogen) atoms. The highest BCUT2D eigenvalue weighted by Gasteiger charge is 2.59. The van der Waals surface area contributed by atoms with E-state index in [1.54, 1.807) is 0 Å². The maximum Gasteiger partial charge on any atom is 0.253 e. The summed E-state index contributed by atoms with van der Waals surface area (Å²) in [5, 5.41) is 13.0. The largest absolute Gasteiger partial charge is 0.338 e. The zero-order valence-corrected chi connectivity index (χ0v) is 18.9. The van der Waals surface area contributed by atoms with Gasteiger partial charge in [0.1, 0.15) is 11.0 Å². The van der Waals surface area contributed by atoms with Crippen molar-refractivity contribution < 1.29 is 12.4 Å². The van der Waals surface area contributed by atoms with E-state index >= 15 is 0 Å². The van der Waals surface area contributed by atoms with E-state index in [-0.39, 0.29) is 14.7 Å². The quantitative estimate of drug-likeness (QED) is 0.495. The topological polar surface area (TPSA) is 82.2 Å². The number of rotatable bonds is 2. The van der Waals surface area contributed by atoms with Gasteiger partial charge in [-0.2, -0.15) is 15.4 Å². The molecule has 3 heterocycles. The molecule has 0 bridgehead atoms. The predicted octanol–water partition coefficient (Wildman–Crippen LogP) is 4.00. The number of nitrogens with zero attached hydrogens (tertiary/aromatic N) is 4. The first-order chi connectivity index (χ1) is 16.5. The number of aryl methyl sites for hydroxylation is 1. The van der Waals surface area contributed by atoms with Crippen LogP contribution in [-0.2, 0) is 0 Å². The van der Waals surface area contributed by atoms with Crippen LogP contribution in [0.25, 0.3) is 21.8 Å². The third-order valence-corrected chi connectivity index (χ3v) is 8.30. The van der Waals surface area contributed by atoms with E-state index in [0.717, 1.165) is 42.6 Å². The number of likely N-dealkylation sites (tertiary alicyclic amines) is 2. The molecule has 2 amide bonds. The number of nitrogens with one attached hydrogen (secondary N) is 1. The first kappa shape index (κ1) is 19.7. The fourth-order valence-electron chi connectivity index (χ4n) is 6.54. The van der Waals surface area contributed by atoms with Crippen molar-refractivity contribution in [1.29, 1.82) is 0 Å². The third kappa shape index (κ3) is 2.89. The van der Waals surface area contributed by atoms with Gasteiger partial charge in [-0.3, -0.25) is 9.59 Å². The monoisotopic (exact) mass is 455 g/mol. The first-order valence-electron chi connectivity index (χ1n) is 11.9. The number of H-pyrrole nitrogens is 1. The van der Waals surface area contributed by atoms with Crippen LogP contribution in [-0.4, -0.2) is 63.2 Å². The Kier molecular flexibility index (Phi) is 4.13. The van der Waals surface area contributed by atoms with Gasteiger partial charge < -0.3 is 9.80 Å². The molecule has 2 unspecified atom stereocenters. The highest BCUT2D eigenvalue weighted by molar-refractivity contribution is 5.99. The Morgan fingerprint density at radius 2 is 1.26 bits per heavy atom. The number of hydrogen-bond donors (Lipinski definition) is 1. The first-order valence-corrected chi connectivity index (χ1v) is 11.9. The van der Waals surface area contributed by atoms with Gasteiger partial charge in [0, 0.05) is 40.2 Å². The number of carbonyl (C=O) groups is 2. The van der Waals surface area contributed by atoms with Crippen molar-refractivity contribution in [3.63, 3.8) is 0 Å². The fourth-order valence-corrected chi connectivity index (χ4v) is 6.54. The average molecular weight is 456 g/mol. The van der Waals surface area contributed by atoms with E-state index in [1.165, 1.54) is 10.9 Å². The molecule has 1 aliphatic carbocycles. The molecule has 7 nitrogen and oxygen atoms in total. The third-order valence-electron chi connectivity index (χ3n) is 8.30. The zero-order chi connectivity index (χ0) is 23.0. The molecular weight excluding hydrogens is 426 g/mol. The lowest BCUT2D eigenvalue weighted by molar-refractivity contribution is 0.0629. The highest BCUT2D eigenvalue weighted by Crippen LogP contribution is 2.54. The second kappa shape index (κ2) is 7.13. The molecule has 0 radical (unpaired) electrons. The molecule has 7 rings (SSSR count). The summed E-state index contributed by atoms with van der Waals surface area (Å²) in [7, 11) is 0. The van der Waals surface area contributed by atoms with Crippen LogP contribution in [0.5, 0.6) is 0 Å². The Labute approximate surface area is 199 Å². The second-order valence-corrected chi connectivity index (χ2v) is 10.2. The van der Waals surface area contributed by atoms with E-state index in [9.17, 15) is 9.59 Å². The van der Waals surface area contributed by atoms with E-state index in [2.05, 4.69) is 46.6 Å². The van der Waals surface area contributed by atoms with Gasteiger partial charge in [0.2, 0.25) is 0 Å². The summed E-state index contributed by atoms with van der Waals surface area (Å²) >= 11 is 0. The fraction of sp³-hybridized carbons (Fsp3) is 0.333. The minimum atomic E-state index is 0. The van der Waals surface area contributed by atoms with Crippen LogP contribution < -0.4 is 0 Å². The molecule has 3 fully saturated rings. The molecule has 7 heteroatoms. The molecule has 4 aromatic rings. The van der Waals surface area contributed by atoms with Gasteiger partial charge in [-0.25, -0.2) is 0 Å². The Morgan fingerprint density at radius 1 is 0.735 bits per heavy atom. The number of hydrogen-bond acceptors (Lipinski definition) is 4. The van der Waals surface area contributed by atoms with Gasteiger partial charge in [0.05, 0.1) is 0 Å². The number of fused-ring (bicyclic) bond motifs is 6. The molecule has 4 atom stereocenters. The van der Waals surface area contributed by atoms with Crippen molar-refractivity contribution >= 4 is 33.6 Å². The van der Waals surface area contributed by atoms with E-state index < -0.39 is 0 Å². The molecule has 1 saturated carbocycles. The molecule has 1 N–H and O–H groups in total. The predicted molar refractivity (Wildman–Crippen MR) is 133 cm³/mol. The van der Waals surface area contributed by atoms with Gasteiger partial charge in [-0.1, -0.05) is 29.8 Å². The van der Waals surface area contributed by atoms with Crippen molar-refractivity contribution in [2.45, 2.75) is 6.92 Å². The SMILES string of the molecule is Cc1ccc2cc(C(=O)N3CC4C(C3)[C@@H]3CN(C(=O)c5ccc6n[nH]nc6c5)C[C@H]43)ccc2c1.[HH].[HH]. The maximum absolute atomic E-state index is 13.3. The van der Waals surface area contributed by atoms with Gasteiger partial charge in [0.25, 0.3) is 11.8 Å². The van der Waals surface area contributed by atoms with Crippen LogP contribution in [0.3, 0.4) is 0 Å². The van der Waals surface area contributed by atoms with Gasteiger partial charge in [0.15, 0.2) is 0 Å². The van der Waals surface area contributed by atoms with Gasteiger partial charge >= 0.3 is 0 Å². The number of aromatic amines is 1. The van der Waals surface area contributed by atoms with Crippen LogP contribution in [0.1, 0.15) is 29.1 Å². The summed E-state index contributed by atoms with van der Waals surface area (Å²) in [6.45, 7) is 5.23. The summed E-state index contributed by atoms with van der Waals surface area (Å²) in [6.07, 6.45) is 0.